The van der Waals surface area contributed by atoms with Crippen LogP contribution in [0.4, 0.5) is 5.69 Å². The van der Waals surface area contributed by atoms with Crippen LogP contribution < -0.4 is 20.7 Å². The van der Waals surface area contributed by atoms with Crippen LogP contribution in [0.25, 0.3) is 11.1 Å². The van der Waals surface area contributed by atoms with E-state index in [0.717, 1.165) is 21.0 Å². The maximum atomic E-state index is 13.9. The fraction of sp³-hybridized carbons (Fsp3) is 0.206. The quantitative estimate of drug-likeness (QED) is 0.210. The molecule has 46 heavy (non-hydrogen) atoms. The number of nitrogens with two attached hydrogens (primary N) is 1. The van der Waals surface area contributed by atoms with Crippen molar-refractivity contribution in [1.29, 1.82) is 0 Å². The molecular weight excluding hydrogens is 641 g/mol. The predicted molar refractivity (Wildman–Crippen MR) is 183 cm³/mol. The molecule has 9 nitrogen and oxygen atoms in total. The molecule has 12 heteroatoms. The zero-order chi connectivity index (χ0) is 33.1. The second-order valence-corrected chi connectivity index (χ2v) is 14.9. The minimum Gasteiger partial charge on any atom is -0.342 e. The summed E-state index contributed by atoms with van der Waals surface area (Å²) in [7, 11) is -4.20. The van der Waals surface area contributed by atoms with Gasteiger partial charge in [-0.2, -0.15) is 0 Å². The first kappa shape index (κ1) is 33.3. The minimum absolute atomic E-state index is 0.0355. The van der Waals surface area contributed by atoms with Crippen molar-refractivity contribution in [3.8, 4) is 11.1 Å². The Morgan fingerprint density at radius 2 is 1.65 bits per heavy atom. The third-order valence-electron chi connectivity index (χ3n) is 7.36. The summed E-state index contributed by atoms with van der Waals surface area (Å²) in [6.07, 6.45) is 1.99. The summed E-state index contributed by atoms with van der Waals surface area (Å²) in [4.78, 5) is 42.9. The van der Waals surface area contributed by atoms with Gasteiger partial charge in [-0.15, -0.1) is 23.5 Å². The molecule has 0 unspecified atom stereocenters. The van der Waals surface area contributed by atoms with Gasteiger partial charge in [0.05, 0.1) is 22.7 Å². The largest absolute Gasteiger partial charge is 0.342 e. The van der Waals surface area contributed by atoms with Crippen LogP contribution >= 0.6 is 23.5 Å². The molecule has 5 rings (SSSR count). The van der Waals surface area contributed by atoms with Gasteiger partial charge in [-0.3, -0.25) is 14.4 Å². The van der Waals surface area contributed by atoms with Crippen molar-refractivity contribution in [3.63, 3.8) is 0 Å². The number of benzene rings is 4. The van der Waals surface area contributed by atoms with Crippen molar-refractivity contribution < 1.29 is 22.8 Å². The highest BCUT2D eigenvalue weighted by Crippen LogP contribution is 2.38. The number of hydrogen-bond acceptors (Lipinski definition) is 8. The topological polar surface area (TPSA) is 139 Å². The van der Waals surface area contributed by atoms with Crippen LogP contribution in [-0.4, -0.2) is 49.7 Å². The Labute approximate surface area is 277 Å². The first-order valence-corrected chi connectivity index (χ1v) is 18.1. The van der Waals surface area contributed by atoms with Crippen LogP contribution in [-0.2, 0) is 26.2 Å². The van der Waals surface area contributed by atoms with E-state index in [1.54, 1.807) is 91.2 Å². The van der Waals surface area contributed by atoms with Crippen LogP contribution in [0.5, 0.6) is 0 Å². The maximum absolute atomic E-state index is 13.9. The lowest BCUT2D eigenvalue weighted by atomic mass is 10.0. The molecule has 0 aliphatic carbocycles. The Morgan fingerprint density at radius 1 is 0.978 bits per heavy atom. The molecule has 1 aliphatic heterocycles. The number of fused-ring (bicyclic) bond motifs is 1. The zero-order valence-electron chi connectivity index (χ0n) is 25.5. The number of sulfonamides is 1. The molecule has 1 aliphatic rings. The fourth-order valence-corrected chi connectivity index (χ4v) is 7.69. The van der Waals surface area contributed by atoms with Crippen molar-refractivity contribution in [2.45, 2.75) is 46.7 Å². The van der Waals surface area contributed by atoms with Gasteiger partial charge in [0.1, 0.15) is 6.04 Å². The van der Waals surface area contributed by atoms with E-state index in [2.05, 4.69) is 10.0 Å². The summed E-state index contributed by atoms with van der Waals surface area (Å²) < 4.78 is 28.8. The molecule has 0 saturated carbocycles. The number of amides is 3. The summed E-state index contributed by atoms with van der Waals surface area (Å²) in [5, 5.41) is 2.83. The Hall–Kier alpha value is -4.10. The van der Waals surface area contributed by atoms with E-state index in [9.17, 15) is 22.8 Å². The van der Waals surface area contributed by atoms with Crippen LogP contribution in [0.2, 0.25) is 0 Å². The van der Waals surface area contributed by atoms with Crippen LogP contribution in [0.3, 0.4) is 0 Å². The number of carbonyl (C=O) groups is 3. The molecule has 0 spiro atoms. The van der Waals surface area contributed by atoms with Gasteiger partial charge in [-0.1, -0.05) is 60.7 Å². The van der Waals surface area contributed by atoms with Gasteiger partial charge in [-0.05, 0) is 67.6 Å². The standard InChI is InChI=1S/C34H34N4O5S3/c1-34(2,35)33(41)36-27-21-45-29-19-25(44-3)17-18-28(29)38(32(27)40)20-22-13-15-23(16-14-22)26-11-7-8-12-30(26)46(42,43)37-31(39)24-9-5-4-6-10-24/h4-19,27H,20-21,35H2,1-3H3,(H,36,41)(H,37,39)/t27-/m1/s1. The van der Waals surface area contributed by atoms with Gasteiger partial charge in [0.2, 0.25) is 5.91 Å². The van der Waals surface area contributed by atoms with Crippen molar-refractivity contribution in [3.05, 3.63) is 108 Å². The number of nitrogens with zero attached hydrogens (tertiary/aromatic N) is 1. The summed E-state index contributed by atoms with van der Waals surface area (Å²) in [5.41, 5.74) is 7.67. The van der Waals surface area contributed by atoms with Gasteiger partial charge in [0, 0.05) is 26.7 Å². The molecule has 0 aromatic heterocycles. The Bertz CT molecular complexity index is 1880. The number of rotatable bonds is 9. The van der Waals surface area contributed by atoms with Crippen molar-refractivity contribution in [2.24, 2.45) is 5.73 Å². The third-order valence-corrected chi connectivity index (χ3v) is 10.6. The molecule has 4 aromatic rings. The fourth-order valence-electron chi connectivity index (χ4n) is 4.86. The van der Waals surface area contributed by atoms with E-state index in [-0.39, 0.29) is 22.9 Å². The molecule has 1 heterocycles. The van der Waals surface area contributed by atoms with Crippen molar-refractivity contribution in [1.82, 2.24) is 10.0 Å². The highest BCUT2D eigenvalue weighted by molar-refractivity contribution is 8.00. The molecule has 238 valence electrons. The van der Waals surface area contributed by atoms with Crippen molar-refractivity contribution >= 4 is 57.0 Å². The molecule has 1 atom stereocenters. The number of anilines is 1. The number of hydrogen-bond donors (Lipinski definition) is 3. The minimum atomic E-state index is -4.20. The van der Waals surface area contributed by atoms with Crippen LogP contribution in [0.1, 0.15) is 29.8 Å². The first-order chi connectivity index (χ1) is 21.9. The predicted octanol–water partition coefficient (Wildman–Crippen LogP) is 5.06. The van der Waals surface area contributed by atoms with E-state index in [1.807, 2.05) is 36.6 Å². The van der Waals surface area contributed by atoms with E-state index in [4.69, 9.17) is 5.73 Å². The van der Waals surface area contributed by atoms with Crippen LogP contribution in [0, 0.1) is 0 Å². The molecule has 0 bridgehead atoms. The van der Waals surface area contributed by atoms with E-state index in [1.165, 1.54) is 17.8 Å². The number of carbonyl (C=O) groups excluding carboxylic acids is 3. The molecule has 3 amide bonds. The molecule has 0 saturated heterocycles. The second kappa shape index (κ2) is 13.7. The average molecular weight is 675 g/mol. The highest BCUT2D eigenvalue weighted by Gasteiger charge is 2.34. The number of thioether (sulfide) groups is 2. The van der Waals surface area contributed by atoms with Gasteiger partial charge in [0.25, 0.3) is 21.8 Å². The summed E-state index contributed by atoms with van der Waals surface area (Å²) in [5.74, 6) is -1.04. The van der Waals surface area contributed by atoms with Gasteiger partial charge in [0.15, 0.2) is 0 Å². The van der Waals surface area contributed by atoms with E-state index >= 15 is 0 Å². The Morgan fingerprint density at radius 3 is 2.33 bits per heavy atom. The SMILES string of the molecule is CSc1ccc2c(c1)SC[C@@H](NC(=O)C(C)(C)N)C(=O)N2Cc1ccc(-c2ccccc2S(=O)(=O)NC(=O)c2ccccc2)cc1. The molecule has 0 fully saturated rings. The van der Waals surface area contributed by atoms with Crippen molar-refractivity contribution in [2.75, 3.05) is 16.9 Å². The third kappa shape index (κ3) is 7.47. The molecule has 0 radical (unpaired) electrons. The lowest BCUT2D eigenvalue weighted by Gasteiger charge is -2.28. The smallest absolute Gasteiger partial charge is 0.264 e. The summed E-state index contributed by atoms with van der Waals surface area (Å²) >= 11 is 3.11. The molecular formula is C34H34N4O5S3. The Kier molecular flexibility index (Phi) is 9.92. The Balaban J connectivity index is 1.42. The summed E-state index contributed by atoms with van der Waals surface area (Å²) in [6.45, 7) is 3.41. The van der Waals surface area contributed by atoms with Crippen LogP contribution in [0.15, 0.2) is 112 Å². The monoisotopic (exact) mass is 674 g/mol. The maximum Gasteiger partial charge on any atom is 0.264 e. The van der Waals surface area contributed by atoms with Gasteiger partial charge in [-0.25, -0.2) is 13.1 Å². The zero-order valence-corrected chi connectivity index (χ0v) is 28.0. The van der Waals surface area contributed by atoms with E-state index < -0.39 is 33.4 Å². The first-order valence-electron chi connectivity index (χ1n) is 14.4. The lowest BCUT2D eigenvalue weighted by Crippen LogP contribution is -2.56. The average Bonchev–Trinajstić information content (AvgIpc) is 3.17. The lowest BCUT2D eigenvalue weighted by molar-refractivity contribution is -0.129. The molecule has 4 aromatic carbocycles. The van der Waals surface area contributed by atoms with Gasteiger partial charge >= 0.3 is 0 Å². The van der Waals surface area contributed by atoms with Gasteiger partial charge < -0.3 is 16.0 Å². The summed E-state index contributed by atoms with van der Waals surface area (Å²) in [6, 6.07) is 27.0. The normalized spacial score (nSPS) is 15.1. The number of nitrogens with one attached hydrogen (secondary N) is 2. The molecule has 4 N–H and O–H groups in total. The highest BCUT2D eigenvalue weighted by atomic mass is 32.2. The van der Waals surface area contributed by atoms with E-state index in [0.29, 0.717) is 16.9 Å². The second-order valence-electron chi connectivity index (χ2n) is 11.3.